The molecular weight excluding hydrogens is 525 g/mol. The predicted octanol–water partition coefficient (Wildman–Crippen LogP) is 3.74. The Bertz CT molecular complexity index is 1440. The minimum atomic E-state index is -3.03. The number of morpholine rings is 1. The Kier molecular flexibility index (Phi) is 8.08. The molecule has 40 heavy (non-hydrogen) atoms. The van der Waals surface area contributed by atoms with E-state index in [-0.39, 0.29) is 22.9 Å². The molecule has 212 valence electrons. The lowest BCUT2D eigenvalue weighted by Crippen LogP contribution is -2.50. The Balaban J connectivity index is 1.55. The number of pyridine rings is 2. The highest BCUT2D eigenvalue weighted by Crippen LogP contribution is 2.36. The number of aromatic amines is 1. The molecule has 0 spiro atoms. The Morgan fingerprint density at radius 3 is 2.62 bits per heavy atom. The highest BCUT2D eigenvalue weighted by molar-refractivity contribution is 6.07. The molecule has 9 nitrogen and oxygen atoms in total. The SMILES string of the molecule is CC1CN(c2cc(F)c(-c3cccc(N4CCOCC4)n3)cc2NC(=O)c2c[nH]c(=O)cc2C(F)F)CCN1C. The van der Waals surface area contributed by atoms with E-state index in [0.717, 1.165) is 12.7 Å². The zero-order valence-corrected chi connectivity index (χ0v) is 22.3. The summed E-state index contributed by atoms with van der Waals surface area (Å²) in [5.74, 6) is -0.691. The lowest BCUT2D eigenvalue weighted by Gasteiger charge is -2.39. The number of H-pyrrole nitrogens is 1. The molecule has 2 aromatic heterocycles. The van der Waals surface area contributed by atoms with Gasteiger partial charge in [0.15, 0.2) is 0 Å². The summed E-state index contributed by atoms with van der Waals surface area (Å²) in [4.78, 5) is 38.1. The third-order valence-corrected chi connectivity index (χ3v) is 7.42. The molecule has 0 aliphatic carbocycles. The fourth-order valence-corrected chi connectivity index (χ4v) is 4.98. The summed E-state index contributed by atoms with van der Waals surface area (Å²) in [5.41, 5.74) is -0.581. The Hall–Kier alpha value is -3.90. The zero-order chi connectivity index (χ0) is 28.4. The Morgan fingerprint density at radius 1 is 1.12 bits per heavy atom. The summed E-state index contributed by atoms with van der Waals surface area (Å²) in [6.07, 6.45) is -2.06. The molecule has 3 aromatic rings. The van der Waals surface area contributed by atoms with Crippen LogP contribution in [0.5, 0.6) is 0 Å². The van der Waals surface area contributed by atoms with Crippen LogP contribution in [0.4, 0.5) is 30.4 Å². The third kappa shape index (κ3) is 5.82. The molecule has 0 bridgehead atoms. The number of nitrogens with zero attached hydrogens (tertiary/aromatic N) is 4. The number of ether oxygens (including phenoxy) is 1. The number of nitrogens with one attached hydrogen (secondary N) is 2. The number of piperazine rings is 1. The fraction of sp³-hybridized carbons (Fsp3) is 0.393. The normalized spacial score (nSPS) is 18.3. The minimum Gasteiger partial charge on any atom is -0.378 e. The van der Waals surface area contributed by atoms with E-state index >= 15 is 4.39 Å². The van der Waals surface area contributed by atoms with Crippen molar-refractivity contribution in [3.8, 4) is 11.3 Å². The van der Waals surface area contributed by atoms with Crippen molar-refractivity contribution < 1.29 is 22.7 Å². The van der Waals surface area contributed by atoms with E-state index in [1.807, 2.05) is 24.9 Å². The minimum absolute atomic E-state index is 0.159. The Morgan fingerprint density at radius 2 is 1.90 bits per heavy atom. The highest BCUT2D eigenvalue weighted by Gasteiger charge is 2.27. The number of amides is 1. The average molecular weight is 557 g/mol. The maximum Gasteiger partial charge on any atom is 0.264 e. The van der Waals surface area contributed by atoms with Gasteiger partial charge in [-0.1, -0.05) is 6.07 Å². The fourth-order valence-electron chi connectivity index (χ4n) is 4.98. The first kappa shape index (κ1) is 27.7. The summed E-state index contributed by atoms with van der Waals surface area (Å²) in [6, 6.07) is 9.03. The summed E-state index contributed by atoms with van der Waals surface area (Å²) in [6.45, 7) is 6.37. The van der Waals surface area contributed by atoms with Gasteiger partial charge in [-0.2, -0.15) is 0 Å². The molecule has 12 heteroatoms. The molecule has 2 saturated heterocycles. The van der Waals surface area contributed by atoms with E-state index in [0.29, 0.717) is 62.7 Å². The van der Waals surface area contributed by atoms with Crippen LogP contribution in [0.25, 0.3) is 11.3 Å². The van der Waals surface area contributed by atoms with Crippen LogP contribution in [0.2, 0.25) is 0 Å². The van der Waals surface area contributed by atoms with Crippen LogP contribution in [0.15, 0.2) is 47.4 Å². The summed E-state index contributed by atoms with van der Waals surface area (Å²) in [5, 5.41) is 2.71. The number of alkyl halides is 2. The quantitative estimate of drug-likeness (QED) is 0.478. The molecule has 5 rings (SSSR count). The van der Waals surface area contributed by atoms with E-state index in [1.54, 1.807) is 12.1 Å². The molecule has 0 radical (unpaired) electrons. The van der Waals surface area contributed by atoms with E-state index in [1.165, 1.54) is 12.1 Å². The van der Waals surface area contributed by atoms with Crippen LogP contribution in [0.3, 0.4) is 0 Å². The highest BCUT2D eigenvalue weighted by atomic mass is 19.3. The van der Waals surface area contributed by atoms with Crippen molar-refractivity contribution >= 4 is 23.1 Å². The number of carbonyl (C=O) groups excluding carboxylic acids is 1. The first-order valence-electron chi connectivity index (χ1n) is 13.1. The molecule has 1 aromatic carbocycles. The number of aromatic nitrogens is 2. The Labute approximate surface area is 229 Å². The second-order valence-electron chi connectivity index (χ2n) is 10.0. The van der Waals surface area contributed by atoms with Gasteiger partial charge in [-0.25, -0.2) is 18.2 Å². The lowest BCUT2D eigenvalue weighted by atomic mass is 10.0. The summed E-state index contributed by atoms with van der Waals surface area (Å²) in [7, 11) is 2.00. The van der Waals surface area contributed by atoms with Gasteiger partial charge in [0.05, 0.1) is 35.8 Å². The second kappa shape index (κ2) is 11.7. The largest absolute Gasteiger partial charge is 0.378 e. The van der Waals surface area contributed by atoms with E-state index in [4.69, 9.17) is 4.74 Å². The number of hydrogen-bond acceptors (Lipinski definition) is 7. The van der Waals surface area contributed by atoms with Crippen molar-refractivity contribution in [3.63, 3.8) is 0 Å². The number of anilines is 3. The van der Waals surface area contributed by atoms with Gasteiger partial charge in [0.1, 0.15) is 11.6 Å². The molecule has 2 N–H and O–H groups in total. The number of halogens is 3. The van der Waals surface area contributed by atoms with Crippen LogP contribution < -0.4 is 20.7 Å². The van der Waals surface area contributed by atoms with Crippen molar-refractivity contribution in [2.75, 3.05) is 68.1 Å². The van der Waals surface area contributed by atoms with E-state index in [2.05, 4.69) is 25.1 Å². The molecule has 2 aliphatic heterocycles. The van der Waals surface area contributed by atoms with Crippen molar-refractivity contribution in [3.05, 3.63) is 69.9 Å². The van der Waals surface area contributed by atoms with Crippen LogP contribution in [0, 0.1) is 5.82 Å². The van der Waals surface area contributed by atoms with Gasteiger partial charge in [-0.3, -0.25) is 9.59 Å². The van der Waals surface area contributed by atoms with Gasteiger partial charge < -0.3 is 29.7 Å². The molecular formula is C28H31F3N6O3. The lowest BCUT2D eigenvalue weighted by molar-refractivity contribution is 0.101. The van der Waals surface area contributed by atoms with Crippen molar-refractivity contribution in [1.82, 2.24) is 14.9 Å². The van der Waals surface area contributed by atoms with Crippen molar-refractivity contribution in [1.29, 1.82) is 0 Å². The van der Waals surface area contributed by atoms with Gasteiger partial charge in [0.2, 0.25) is 5.56 Å². The topological polar surface area (TPSA) is 93.8 Å². The van der Waals surface area contributed by atoms with E-state index in [9.17, 15) is 18.4 Å². The number of rotatable bonds is 6. The van der Waals surface area contributed by atoms with Gasteiger partial charge >= 0.3 is 0 Å². The van der Waals surface area contributed by atoms with Gasteiger partial charge in [0.25, 0.3) is 12.3 Å². The first-order valence-corrected chi connectivity index (χ1v) is 13.1. The van der Waals surface area contributed by atoms with E-state index < -0.39 is 29.3 Å². The molecule has 0 saturated carbocycles. The number of benzene rings is 1. The monoisotopic (exact) mass is 556 g/mol. The van der Waals surface area contributed by atoms with Crippen LogP contribution in [0.1, 0.15) is 29.3 Å². The van der Waals surface area contributed by atoms with Crippen LogP contribution in [-0.4, -0.2) is 79.8 Å². The van der Waals surface area contributed by atoms with Crippen molar-refractivity contribution in [2.24, 2.45) is 0 Å². The zero-order valence-electron chi connectivity index (χ0n) is 22.3. The molecule has 1 unspecified atom stereocenters. The van der Waals surface area contributed by atoms with Gasteiger partial charge in [0, 0.05) is 62.2 Å². The maximum atomic E-state index is 15.7. The average Bonchev–Trinajstić information content (AvgIpc) is 2.95. The van der Waals surface area contributed by atoms with Gasteiger partial charge in [-0.15, -0.1) is 0 Å². The van der Waals surface area contributed by atoms with Crippen LogP contribution >= 0.6 is 0 Å². The predicted molar refractivity (Wildman–Crippen MR) is 147 cm³/mol. The summed E-state index contributed by atoms with van der Waals surface area (Å²) < 4.78 is 48.5. The first-order chi connectivity index (χ1) is 19.2. The molecule has 2 aliphatic rings. The van der Waals surface area contributed by atoms with Crippen molar-refractivity contribution in [2.45, 2.75) is 19.4 Å². The molecule has 4 heterocycles. The number of hydrogen-bond donors (Lipinski definition) is 2. The molecule has 2 fully saturated rings. The maximum absolute atomic E-state index is 15.7. The number of carbonyl (C=O) groups is 1. The standard InChI is InChI=1S/C28H31F3N6O3/c1-17-16-37(7-6-35(17)2)24-14-21(29)19(22-4-3-5-25(33-22)36-8-10-40-11-9-36)12-23(24)34-28(39)20-15-32-26(38)13-18(20)27(30)31/h3-5,12-15,17,27H,6-11,16H2,1-2H3,(H,32,38)(H,34,39). The van der Waals surface area contributed by atoms with Crippen LogP contribution in [-0.2, 0) is 4.74 Å². The smallest absolute Gasteiger partial charge is 0.264 e. The molecule has 1 amide bonds. The summed E-state index contributed by atoms with van der Waals surface area (Å²) >= 11 is 0. The molecule has 1 atom stereocenters. The second-order valence-corrected chi connectivity index (χ2v) is 10.0. The third-order valence-electron chi connectivity index (χ3n) is 7.42. The van der Waals surface area contributed by atoms with Gasteiger partial charge in [-0.05, 0) is 38.2 Å². The number of likely N-dealkylation sites (N-methyl/N-ethyl adjacent to an activating group) is 1.